The number of nitriles is 1. The molecule has 2 heterocycles. The molecule has 0 aliphatic rings. The highest BCUT2D eigenvalue weighted by Gasteiger charge is 2.21. The third kappa shape index (κ3) is 4.26. The van der Waals surface area contributed by atoms with Crippen molar-refractivity contribution in [3.05, 3.63) is 59.4 Å². The number of benzene rings is 1. The minimum absolute atomic E-state index is 0.106. The average molecular weight is 376 g/mol. The van der Waals surface area contributed by atoms with Crippen LogP contribution in [0.4, 0.5) is 5.69 Å². The number of aromatic nitrogens is 2. The van der Waals surface area contributed by atoms with Gasteiger partial charge in [0.1, 0.15) is 11.1 Å². The zero-order valence-corrected chi connectivity index (χ0v) is 16.3. The second-order valence-electron chi connectivity index (χ2n) is 6.25. The van der Waals surface area contributed by atoms with Crippen LogP contribution < -0.4 is 5.32 Å². The number of hydrogen-bond acceptors (Lipinski definition) is 5. The van der Waals surface area contributed by atoms with Gasteiger partial charge >= 0.3 is 0 Å². The smallest absolute Gasteiger partial charge is 0.237 e. The third-order valence-corrected chi connectivity index (χ3v) is 5.51. The van der Waals surface area contributed by atoms with Crippen LogP contribution in [0.1, 0.15) is 30.3 Å². The summed E-state index contributed by atoms with van der Waals surface area (Å²) in [6.45, 7) is 5.73. The average Bonchev–Trinajstić information content (AvgIpc) is 2.66. The summed E-state index contributed by atoms with van der Waals surface area (Å²) in [6, 6.07) is 15.3. The minimum Gasteiger partial charge on any atom is -0.324 e. The van der Waals surface area contributed by atoms with Crippen LogP contribution in [0.25, 0.3) is 10.9 Å². The zero-order chi connectivity index (χ0) is 19.4. The van der Waals surface area contributed by atoms with Crippen LogP contribution in [0.5, 0.6) is 0 Å². The molecule has 1 unspecified atom stereocenters. The van der Waals surface area contributed by atoms with Crippen molar-refractivity contribution in [1.82, 2.24) is 9.97 Å². The fourth-order valence-corrected chi connectivity index (χ4v) is 3.83. The van der Waals surface area contributed by atoms with Crippen molar-refractivity contribution in [2.24, 2.45) is 0 Å². The lowest BCUT2D eigenvalue weighted by Crippen LogP contribution is -2.25. The summed E-state index contributed by atoms with van der Waals surface area (Å²) in [5.41, 5.74) is 3.75. The number of rotatable bonds is 5. The molecular formula is C21H20N4OS. The highest BCUT2D eigenvalue weighted by atomic mass is 32.2. The van der Waals surface area contributed by atoms with Gasteiger partial charge < -0.3 is 5.32 Å². The predicted molar refractivity (Wildman–Crippen MR) is 109 cm³/mol. The zero-order valence-electron chi connectivity index (χ0n) is 15.5. The first-order valence-electron chi connectivity index (χ1n) is 8.73. The second-order valence-corrected chi connectivity index (χ2v) is 7.44. The van der Waals surface area contributed by atoms with E-state index in [1.807, 2.05) is 51.1 Å². The first-order valence-corrected chi connectivity index (χ1v) is 9.61. The van der Waals surface area contributed by atoms with Crippen LogP contribution in [-0.2, 0) is 4.79 Å². The highest BCUT2D eigenvalue weighted by Crippen LogP contribution is 2.29. The molecule has 136 valence electrons. The monoisotopic (exact) mass is 376 g/mol. The first-order chi connectivity index (χ1) is 13.0. The maximum absolute atomic E-state index is 12.9. The summed E-state index contributed by atoms with van der Waals surface area (Å²) in [4.78, 5) is 21.9. The number of nitrogens with zero attached hydrogens (tertiary/aromatic N) is 3. The Kier molecular flexibility index (Phi) is 5.72. The maximum Gasteiger partial charge on any atom is 0.237 e. The van der Waals surface area contributed by atoms with E-state index < -0.39 is 0 Å². The Hall–Kier alpha value is -2.91. The summed E-state index contributed by atoms with van der Waals surface area (Å²) in [5.74, 6) is -0.106. The van der Waals surface area contributed by atoms with Crippen molar-refractivity contribution in [3.63, 3.8) is 0 Å². The fourth-order valence-electron chi connectivity index (χ4n) is 2.79. The van der Waals surface area contributed by atoms with E-state index in [-0.39, 0.29) is 11.2 Å². The minimum atomic E-state index is -0.348. The van der Waals surface area contributed by atoms with Gasteiger partial charge in [-0.15, -0.1) is 0 Å². The van der Waals surface area contributed by atoms with Crippen molar-refractivity contribution in [3.8, 4) is 6.07 Å². The fraction of sp³-hybridized carbons (Fsp3) is 0.238. The van der Waals surface area contributed by atoms with Crippen molar-refractivity contribution in [1.29, 1.82) is 5.26 Å². The Labute approximate surface area is 162 Å². The Morgan fingerprint density at radius 1 is 1.19 bits per heavy atom. The van der Waals surface area contributed by atoms with E-state index in [1.54, 1.807) is 12.1 Å². The molecular weight excluding hydrogens is 356 g/mol. The van der Waals surface area contributed by atoms with Gasteiger partial charge in [0, 0.05) is 16.8 Å². The summed E-state index contributed by atoms with van der Waals surface area (Å²) in [7, 11) is 0. The molecule has 3 rings (SSSR count). The van der Waals surface area contributed by atoms with Crippen LogP contribution in [0.2, 0.25) is 0 Å². The number of para-hydroxylation sites is 1. The van der Waals surface area contributed by atoms with E-state index in [4.69, 9.17) is 0 Å². The second kappa shape index (κ2) is 8.19. The number of anilines is 1. The lowest BCUT2D eigenvalue weighted by atomic mass is 10.1. The number of carbonyl (C=O) groups excluding carboxylic acids is 1. The molecule has 0 fully saturated rings. The Bertz CT molecular complexity index is 1040. The summed E-state index contributed by atoms with van der Waals surface area (Å²) in [5, 5.41) is 13.5. The molecule has 0 aliphatic carbocycles. The van der Waals surface area contributed by atoms with Gasteiger partial charge in [-0.2, -0.15) is 5.26 Å². The molecule has 1 amide bonds. The molecule has 27 heavy (non-hydrogen) atoms. The number of hydrogen-bond donors (Lipinski definition) is 1. The van der Waals surface area contributed by atoms with E-state index in [9.17, 15) is 10.1 Å². The number of amides is 1. The van der Waals surface area contributed by atoms with E-state index in [0.717, 1.165) is 28.0 Å². The number of pyridine rings is 2. The summed E-state index contributed by atoms with van der Waals surface area (Å²) >= 11 is 1.33. The van der Waals surface area contributed by atoms with Gasteiger partial charge in [0.25, 0.3) is 0 Å². The lowest BCUT2D eigenvalue weighted by molar-refractivity contribution is -0.115. The van der Waals surface area contributed by atoms with Crippen molar-refractivity contribution in [2.45, 2.75) is 37.5 Å². The van der Waals surface area contributed by atoms with Gasteiger partial charge in [-0.1, -0.05) is 36.9 Å². The quantitative estimate of drug-likeness (QED) is 0.657. The molecule has 0 saturated heterocycles. The number of thioether (sulfide) groups is 1. The Balaban J connectivity index is 1.87. The molecule has 1 N–H and O–H groups in total. The predicted octanol–water partition coefficient (Wildman–Crippen LogP) is 4.63. The normalized spacial score (nSPS) is 11.8. The van der Waals surface area contributed by atoms with Crippen molar-refractivity contribution >= 4 is 34.3 Å². The molecule has 1 aromatic carbocycles. The third-order valence-electron chi connectivity index (χ3n) is 4.14. The molecule has 1 atom stereocenters. The van der Waals surface area contributed by atoms with Crippen molar-refractivity contribution in [2.75, 3.05) is 5.32 Å². The number of carbonyl (C=O) groups is 1. The SMILES string of the molecule is CCC(Sc1nc(C)ccc1C#N)C(=O)Nc1cc(C)nc2ccccc12. The molecule has 5 nitrogen and oxygen atoms in total. The van der Waals surface area contributed by atoms with Crippen LogP contribution in [0.3, 0.4) is 0 Å². The lowest BCUT2D eigenvalue weighted by Gasteiger charge is -2.16. The van der Waals surface area contributed by atoms with Gasteiger partial charge in [-0.3, -0.25) is 9.78 Å². The molecule has 3 aromatic rings. The molecule has 0 aliphatic heterocycles. The van der Waals surface area contributed by atoms with Gasteiger partial charge in [0.05, 0.1) is 22.0 Å². The molecule has 0 bridgehead atoms. The van der Waals surface area contributed by atoms with Gasteiger partial charge in [-0.05, 0) is 44.5 Å². The maximum atomic E-state index is 12.9. The van der Waals surface area contributed by atoms with E-state index in [2.05, 4.69) is 21.4 Å². The summed E-state index contributed by atoms with van der Waals surface area (Å²) in [6.07, 6.45) is 0.624. The van der Waals surface area contributed by atoms with Gasteiger partial charge in [0.2, 0.25) is 5.91 Å². The standard InChI is InChI=1S/C21H20N4OS/c1-4-19(27-21-15(12-22)10-9-13(2)24-21)20(26)25-18-11-14(3)23-17-8-6-5-7-16(17)18/h5-11,19H,4H2,1-3H3,(H,23,25,26). The van der Waals surface area contributed by atoms with E-state index >= 15 is 0 Å². The summed E-state index contributed by atoms with van der Waals surface area (Å²) < 4.78 is 0. The van der Waals surface area contributed by atoms with E-state index in [1.165, 1.54) is 11.8 Å². The van der Waals surface area contributed by atoms with Crippen LogP contribution in [-0.4, -0.2) is 21.1 Å². The molecule has 2 aromatic heterocycles. The highest BCUT2D eigenvalue weighted by molar-refractivity contribution is 8.00. The molecule has 6 heteroatoms. The van der Waals surface area contributed by atoms with Gasteiger partial charge in [-0.25, -0.2) is 4.98 Å². The Morgan fingerprint density at radius 2 is 1.96 bits per heavy atom. The number of nitrogens with one attached hydrogen (secondary N) is 1. The van der Waals surface area contributed by atoms with Gasteiger partial charge in [0.15, 0.2) is 0 Å². The van der Waals surface area contributed by atoms with Crippen LogP contribution in [0.15, 0.2) is 47.5 Å². The first kappa shape index (κ1) is 18.9. The van der Waals surface area contributed by atoms with Crippen molar-refractivity contribution < 1.29 is 4.79 Å². The number of aryl methyl sites for hydroxylation is 2. The van der Waals surface area contributed by atoms with Crippen LogP contribution >= 0.6 is 11.8 Å². The van der Waals surface area contributed by atoms with E-state index in [0.29, 0.717) is 17.0 Å². The number of fused-ring (bicyclic) bond motifs is 1. The molecule has 0 spiro atoms. The topological polar surface area (TPSA) is 78.7 Å². The molecule has 0 saturated carbocycles. The van der Waals surface area contributed by atoms with Crippen LogP contribution in [0, 0.1) is 25.2 Å². The Morgan fingerprint density at radius 3 is 2.70 bits per heavy atom. The largest absolute Gasteiger partial charge is 0.324 e. The molecule has 0 radical (unpaired) electrons.